The van der Waals surface area contributed by atoms with Gasteiger partial charge in [0.1, 0.15) is 5.78 Å². The lowest BCUT2D eigenvalue weighted by Gasteiger charge is -2.00. The van der Waals surface area contributed by atoms with E-state index in [4.69, 9.17) is 6.58 Å². The third-order valence-corrected chi connectivity index (χ3v) is 4.03. The minimum atomic E-state index is 0. The van der Waals surface area contributed by atoms with Crippen molar-refractivity contribution in [3.05, 3.63) is 83.9 Å². The van der Waals surface area contributed by atoms with Gasteiger partial charge in [0, 0.05) is 15.7 Å². The summed E-state index contributed by atoms with van der Waals surface area (Å²) >= 11 is 0. The second-order valence-corrected chi connectivity index (χ2v) is 6.51. The molecular weight excluding hydrogens is 320 g/mol. The monoisotopic (exact) mass is 352 g/mol. The highest BCUT2D eigenvalue weighted by Crippen LogP contribution is 2.07. The third-order valence-electron chi connectivity index (χ3n) is 4.03. The highest BCUT2D eigenvalue weighted by atomic mass is 16.1. The first kappa shape index (κ1) is 21.6. The van der Waals surface area contributed by atoms with Gasteiger partial charge in [0.2, 0.25) is 0 Å². The molecule has 0 aliphatic carbocycles. The van der Waals surface area contributed by atoms with Crippen LogP contribution >= 0.6 is 0 Å². The normalized spacial score (nSPS) is 9.77. The average Bonchev–Trinajstić information content (AvgIpc) is 2.64. The summed E-state index contributed by atoms with van der Waals surface area (Å²) in [5, 5.41) is 0. The molecule has 0 saturated carbocycles. The molecule has 0 heterocycles. The van der Waals surface area contributed by atoms with Crippen LogP contribution in [0.15, 0.2) is 60.7 Å². The van der Waals surface area contributed by atoms with Crippen LogP contribution in [-0.4, -0.2) is 11.6 Å². The minimum Gasteiger partial charge on any atom is -0.300 e. The van der Waals surface area contributed by atoms with Crippen molar-refractivity contribution in [3.8, 4) is 0 Å². The van der Waals surface area contributed by atoms with E-state index in [1.54, 1.807) is 6.92 Å². The molecule has 2 aromatic rings. The van der Waals surface area contributed by atoms with E-state index in [1.165, 1.54) is 16.7 Å². The average molecular weight is 353 g/mol. The van der Waals surface area contributed by atoms with Gasteiger partial charge in [-0.2, -0.15) is 0 Å². The van der Waals surface area contributed by atoms with Crippen LogP contribution in [-0.2, 0) is 22.4 Å². The molecule has 140 valence electrons. The van der Waals surface area contributed by atoms with E-state index < -0.39 is 0 Å². The second-order valence-electron chi connectivity index (χ2n) is 6.51. The van der Waals surface area contributed by atoms with E-state index in [-0.39, 0.29) is 14.4 Å². The summed E-state index contributed by atoms with van der Waals surface area (Å²) in [6.45, 7) is 8.81. The zero-order valence-electron chi connectivity index (χ0n) is 16.9. The van der Waals surface area contributed by atoms with Gasteiger partial charge in [-0.3, -0.25) is 4.79 Å². The summed E-state index contributed by atoms with van der Waals surface area (Å²) in [4.78, 5) is 21.5. The Labute approximate surface area is 160 Å². The van der Waals surface area contributed by atoms with Crippen molar-refractivity contribution in [1.29, 1.82) is 0 Å². The Hall–Kier alpha value is -2.48. The van der Waals surface area contributed by atoms with Gasteiger partial charge in [-0.1, -0.05) is 66.7 Å². The fourth-order valence-corrected chi connectivity index (χ4v) is 2.49. The van der Waals surface area contributed by atoms with E-state index in [0.29, 0.717) is 12.8 Å². The maximum absolute atomic E-state index is 10.9. The Morgan fingerprint density at radius 1 is 0.923 bits per heavy atom. The number of carbonyl (C=O) groups excluding carboxylic acids is 2. The summed E-state index contributed by atoms with van der Waals surface area (Å²) in [6, 6.07) is 18.7. The van der Waals surface area contributed by atoms with Crippen molar-refractivity contribution < 1.29 is 12.4 Å². The molecule has 2 rings (SSSR count). The molecule has 0 bridgehead atoms. The SMILES string of the molecule is CC(=O)CCCc1ccccc1.[CH]=CC(=O)CCCc1ccc(C)cc1.[HH].[H]. The van der Waals surface area contributed by atoms with Gasteiger partial charge >= 0.3 is 0 Å². The van der Waals surface area contributed by atoms with E-state index in [1.807, 2.05) is 18.2 Å². The van der Waals surface area contributed by atoms with Crippen LogP contribution in [0.5, 0.6) is 0 Å². The number of benzene rings is 2. The molecule has 0 fully saturated rings. The van der Waals surface area contributed by atoms with Crippen molar-refractivity contribution in [2.45, 2.75) is 52.4 Å². The minimum absolute atomic E-state index is 0. The van der Waals surface area contributed by atoms with Crippen molar-refractivity contribution in [1.82, 2.24) is 0 Å². The molecule has 0 atom stereocenters. The van der Waals surface area contributed by atoms with Crippen LogP contribution in [0.25, 0.3) is 0 Å². The maximum Gasteiger partial charge on any atom is 0.155 e. The second kappa shape index (κ2) is 12.8. The first-order valence-corrected chi connectivity index (χ1v) is 9.18. The van der Waals surface area contributed by atoms with Gasteiger partial charge in [-0.05, 0) is 56.7 Å². The number of hydrogen-bond donors (Lipinski definition) is 0. The van der Waals surface area contributed by atoms with Crippen LogP contribution < -0.4 is 0 Å². The van der Waals surface area contributed by atoms with Crippen LogP contribution in [0.2, 0.25) is 0 Å². The van der Waals surface area contributed by atoms with Gasteiger partial charge in [-0.15, -0.1) is 0 Å². The fraction of sp³-hybridized carbons (Fsp3) is 0.333. The van der Waals surface area contributed by atoms with Crippen LogP contribution in [0, 0.1) is 13.5 Å². The largest absolute Gasteiger partial charge is 0.300 e. The summed E-state index contributed by atoms with van der Waals surface area (Å²) in [5.41, 5.74) is 3.86. The van der Waals surface area contributed by atoms with Gasteiger partial charge in [0.05, 0.1) is 0 Å². The molecule has 0 amide bonds. The molecule has 2 radical (unpaired) electrons. The number of Topliss-reactive ketones (excluding diaryl/α,β-unsaturated/α-hetero) is 1. The predicted octanol–water partition coefficient (Wildman–Crippen LogP) is 5.83. The Morgan fingerprint density at radius 2 is 1.46 bits per heavy atom. The van der Waals surface area contributed by atoms with Crippen molar-refractivity contribution in [2.75, 3.05) is 0 Å². The van der Waals surface area contributed by atoms with E-state index in [9.17, 15) is 9.59 Å². The molecule has 2 aromatic carbocycles. The molecule has 0 aromatic heterocycles. The molecule has 0 aliphatic heterocycles. The molecule has 2 nitrogen and oxygen atoms in total. The molecule has 2 heteroatoms. The zero-order chi connectivity index (χ0) is 19.2. The third kappa shape index (κ3) is 10.4. The van der Waals surface area contributed by atoms with Crippen molar-refractivity contribution in [2.24, 2.45) is 0 Å². The lowest BCUT2D eigenvalue weighted by atomic mass is 10.1. The number of aryl methyl sites for hydroxylation is 3. The van der Waals surface area contributed by atoms with Gasteiger partial charge in [-0.25, -0.2) is 0 Å². The summed E-state index contributed by atoms with van der Waals surface area (Å²) in [7, 11) is 0. The lowest BCUT2D eigenvalue weighted by molar-refractivity contribution is -0.117. The van der Waals surface area contributed by atoms with Gasteiger partial charge in [0.25, 0.3) is 0 Å². The van der Waals surface area contributed by atoms with E-state index >= 15 is 0 Å². The zero-order valence-corrected chi connectivity index (χ0v) is 15.9. The summed E-state index contributed by atoms with van der Waals surface area (Å²) < 4.78 is 0. The fourth-order valence-electron chi connectivity index (χ4n) is 2.49. The number of allylic oxidation sites excluding steroid dienone is 1. The number of carbonyl (C=O) groups is 2. The van der Waals surface area contributed by atoms with Crippen LogP contribution in [0.4, 0.5) is 0 Å². The highest BCUT2D eigenvalue weighted by molar-refractivity contribution is 5.88. The number of ketones is 2. The van der Waals surface area contributed by atoms with Gasteiger partial charge < -0.3 is 4.79 Å². The molecule has 0 unspecified atom stereocenters. The highest BCUT2D eigenvalue weighted by Gasteiger charge is 1.97. The molecule has 0 N–H and O–H groups in total. The Balaban J connectivity index is 0. The Morgan fingerprint density at radius 3 is 2.00 bits per heavy atom. The van der Waals surface area contributed by atoms with Crippen molar-refractivity contribution >= 4 is 11.6 Å². The Bertz CT molecular complexity index is 680. The first-order chi connectivity index (χ1) is 12.5. The molecule has 0 saturated heterocycles. The summed E-state index contributed by atoms with van der Waals surface area (Å²) in [6.07, 6.45) is 6.20. The lowest BCUT2D eigenvalue weighted by Crippen LogP contribution is -1.93. The predicted molar refractivity (Wildman–Crippen MR) is 111 cm³/mol. The molecule has 0 spiro atoms. The van der Waals surface area contributed by atoms with Crippen LogP contribution in [0.3, 0.4) is 0 Å². The quantitative estimate of drug-likeness (QED) is 0.532. The van der Waals surface area contributed by atoms with E-state index in [0.717, 1.165) is 31.8 Å². The van der Waals surface area contributed by atoms with Crippen molar-refractivity contribution in [3.63, 3.8) is 0 Å². The standard InChI is InChI=1S/C13H15O.C11H14O.H2.H/c1-3-13(14)6-4-5-12-9-7-11(2)8-10-12;1-10(12)6-5-9-11-7-3-2-4-8-11;;/h1,3,7-10H,4-6H2,2H3;2-4,7-8H,5-6,9H2,1H3;1H;. The molecular formula is C24H32O2. The van der Waals surface area contributed by atoms with Crippen LogP contribution in [0.1, 0.15) is 52.2 Å². The van der Waals surface area contributed by atoms with Gasteiger partial charge in [0.15, 0.2) is 5.78 Å². The molecule has 26 heavy (non-hydrogen) atoms. The first-order valence-electron chi connectivity index (χ1n) is 9.18. The van der Waals surface area contributed by atoms with E-state index in [2.05, 4.69) is 43.3 Å². The number of rotatable bonds is 9. The Kier molecular flexibility index (Phi) is 10.6. The topological polar surface area (TPSA) is 34.1 Å². The number of hydrogen-bond acceptors (Lipinski definition) is 2. The smallest absolute Gasteiger partial charge is 0.155 e. The summed E-state index contributed by atoms with van der Waals surface area (Å²) in [5.74, 6) is 0.308. The maximum atomic E-state index is 10.9. The molecule has 0 aliphatic rings.